The molecule has 4 heteroatoms. The molecule has 0 radical (unpaired) electrons. The van der Waals surface area contributed by atoms with E-state index in [9.17, 15) is 4.79 Å². The van der Waals surface area contributed by atoms with Crippen molar-refractivity contribution in [2.45, 2.75) is 45.1 Å². The molecule has 0 heterocycles. The average Bonchev–Trinajstić information content (AvgIpc) is 2.97. The topological polar surface area (TPSA) is 52.3 Å². The molecule has 94 valence electrons. The van der Waals surface area contributed by atoms with E-state index in [0.29, 0.717) is 12.5 Å². The third kappa shape index (κ3) is 5.21. The van der Waals surface area contributed by atoms with Crippen LogP contribution >= 0.6 is 11.8 Å². The Bertz CT molecular complexity index is 227. The Morgan fingerprint density at radius 2 is 2.25 bits per heavy atom. The van der Waals surface area contributed by atoms with Crippen molar-refractivity contribution < 1.29 is 9.53 Å². The standard InChI is InChI=1S/C12H23NO2S/c1-10(13)4-3-7-16-9-12(5-6-12)8-11(14)15-2/h10H,3-9,13H2,1-2H3. The number of esters is 1. The lowest BCUT2D eigenvalue weighted by Gasteiger charge is -2.13. The van der Waals surface area contributed by atoms with Crippen molar-refractivity contribution in [3.63, 3.8) is 0 Å². The summed E-state index contributed by atoms with van der Waals surface area (Å²) in [4.78, 5) is 11.2. The molecule has 2 N–H and O–H groups in total. The molecule has 1 unspecified atom stereocenters. The molecule has 0 aromatic heterocycles. The monoisotopic (exact) mass is 245 g/mol. The van der Waals surface area contributed by atoms with Crippen molar-refractivity contribution in [2.24, 2.45) is 11.1 Å². The van der Waals surface area contributed by atoms with Crippen LogP contribution in [0.1, 0.15) is 39.0 Å². The van der Waals surface area contributed by atoms with Gasteiger partial charge in [0.1, 0.15) is 0 Å². The highest BCUT2D eigenvalue weighted by atomic mass is 32.2. The highest BCUT2D eigenvalue weighted by molar-refractivity contribution is 7.99. The predicted octanol–water partition coefficient (Wildman–Crippen LogP) is 2.19. The summed E-state index contributed by atoms with van der Waals surface area (Å²) in [6, 6.07) is 0.311. The second-order valence-corrected chi connectivity index (χ2v) is 6.03. The zero-order valence-electron chi connectivity index (χ0n) is 10.3. The smallest absolute Gasteiger partial charge is 0.306 e. The maximum absolute atomic E-state index is 11.2. The van der Waals surface area contributed by atoms with Gasteiger partial charge in [0, 0.05) is 6.04 Å². The number of ether oxygens (including phenoxy) is 1. The molecule has 0 spiro atoms. The molecule has 0 bridgehead atoms. The van der Waals surface area contributed by atoms with Crippen LogP contribution in [0.15, 0.2) is 0 Å². The van der Waals surface area contributed by atoms with E-state index in [2.05, 4.69) is 0 Å². The zero-order valence-corrected chi connectivity index (χ0v) is 11.1. The van der Waals surface area contributed by atoms with Crippen LogP contribution in [0.4, 0.5) is 0 Å². The summed E-state index contributed by atoms with van der Waals surface area (Å²) in [5.74, 6) is 2.19. The van der Waals surface area contributed by atoms with Gasteiger partial charge < -0.3 is 10.5 Å². The van der Waals surface area contributed by atoms with E-state index in [1.54, 1.807) is 0 Å². The van der Waals surface area contributed by atoms with Crippen LogP contribution in [0.25, 0.3) is 0 Å². The van der Waals surface area contributed by atoms with Crippen molar-refractivity contribution in [3.8, 4) is 0 Å². The Balaban J connectivity index is 2.06. The van der Waals surface area contributed by atoms with Gasteiger partial charge in [-0.15, -0.1) is 0 Å². The maximum Gasteiger partial charge on any atom is 0.306 e. The number of methoxy groups -OCH3 is 1. The molecule has 0 amide bonds. The molecule has 1 saturated carbocycles. The van der Waals surface area contributed by atoms with Gasteiger partial charge in [-0.2, -0.15) is 11.8 Å². The third-order valence-electron chi connectivity index (χ3n) is 3.06. The lowest BCUT2D eigenvalue weighted by molar-refractivity contribution is -0.141. The number of hydrogen-bond donors (Lipinski definition) is 1. The van der Waals surface area contributed by atoms with Gasteiger partial charge in [-0.05, 0) is 49.5 Å². The first kappa shape index (κ1) is 13.8. The van der Waals surface area contributed by atoms with Gasteiger partial charge in [-0.3, -0.25) is 4.79 Å². The van der Waals surface area contributed by atoms with E-state index in [0.717, 1.165) is 17.9 Å². The van der Waals surface area contributed by atoms with Gasteiger partial charge in [0.15, 0.2) is 0 Å². The van der Waals surface area contributed by atoms with Gasteiger partial charge in [0.2, 0.25) is 0 Å². The minimum Gasteiger partial charge on any atom is -0.469 e. The van der Waals surface area contributed by atoms with Crippen molar-refractivity contribution in [2.75, 3.05) is 18.6 Å². The summed E-state index contributed by atoms with van der Waals surface area (Å²) < 4.78 is 4.72. The summed E-state index contributed by atoms with van der Waals surface area (Å²) >= 11 is 1.95. The molecule has 1 aliphatic carbocycles. The summed E-state index contributed by atoms with van der Waals surface area (Å²) in [6.45, 7) is 2.05. The molecule has 0 aromatic carbocycles. The van der Waals surface area contributed by atoms with Gasteiger partial charge in [0.05, 0.1) is 13.5 Å². The number of rotatable bonds is 8. The molecular formula is C12H23NO2S. The van der Waals surface area contributed by atoms with E-state index in [1.807, 2.05) is 18.7 Å². The molecular weight excluding hydrogens is 222 g/mol. The first-order valence-corrected chi connectivity index (χ1v) is 7.14. The normalized spacial score (nSPS) is 19.2. The van der Waals surface area contributed by atoms with Crippen LogP contribution < -0.4 is 5.73 Å². The molecule has 1 rings (SSSR count). The molecule has 16 heavy (non-hydrogen) atoms. The molecule has 1 aliphatic rings. The first-order valence-electron chi connectivity index (χ1n) is 5.98. The number of carbonyl (C=O) groups excluding carboxylic acids is 1. The Labute approximate surface area is 102 Å². The minimum absolute atomic E-state index is 0.0614. The molecule has 0 aromatic rings. The number of hydrogen-bond acceptors (Lipinski definition) is 4. The SMILES string of the molecule is COC(=O)CC1(CSCCCC(C)N)CC1. The van der Waals surface area contributed by atoms with Crippen LogP contribution in [0.5, 0.6) is 0 Å². The Morgan fingerprint density at radius 3 is 2.75 bits per heavy atom. The summed E-state index contributed by atoms with van der Waals surface area (Å²) in [6.07, 6.45) is 5.24. The minimum atomic E-state index is -0.0614. The summed E-state index contributed by atoms with van der Waals surface area (Å²) in [5, 5.41) is 0. The van der Waals surface area contributed by atoms with Gasteiger partial charge in [-0.25, -0.2) is 0 Å². The highest BCUT2D eigenvalue weighted by Gasteiger charge is 2.44. The zero-order chi connectivity index (χ0) is 12.0. The van der Waals surface area contributed by atoms with Crippen molar-refractivity contribution >= 4 is 17.7 Å². The van der Waals surface area contributed by atoms with Crippen LogP contribution in [0.3, 0.4) is 0 Å². The number of carbonyl (C=O) groups is 1. The van der Waals surface area contributed by atoms with E-state index < -0.39 is 0 Å². The maximum atomic E-state index is 11.2. The van der Waals surface area contributed by atoms with E-state index in [4.69, 9.17) is 10.5 Å². The van der Waals surface area contributed by atoms with Crippen molar-refractivity contribution in [1.82, 2.24) is 0 Å². The fourth-order valence-corrected chi connectivity index (χ4v) is 3.06. The molecule has 1 atom stereocenters. The van der Waals surface area contributed by atoms with Gasteiger partial charge in [-0.1, -0.05) is 0 Å². The Morgan fingerprint density at radius 1 is 1.56 bits per heavy atom. The van der Waals surface area contributed by atoms with Gasteiger partial charge >= 0.3 is 5.97 Å². The number of nitrogens with two attached hydrogens (primary N) is 1. The highest BCUT2D eigenvalue weighted by Crippen LogP contribution is 2.51. The Kier molecular flexibility index (Phi) is 5.62. The van der Waals surface area contributed by atoms with Crippen LogP contribution in [-0.2, 0) is 9.53 Å². The van der Waals surface area contributed by atoms with Crippen LogP contribution in [-0.4, -0.2) is 30.6 Å². The largest absolute Gasteiger partial charge is 0.469 e. The quantitative estimate of drug-likeness (QED) is 0.526. The summed E-state index contributed by atoms with van der Waals surface area (Å²) in [7, 11) is 1.47. The fourth-order valence-electron chi connectivity index (χ4n) is 1.72. The fraction of sp³-hybridized carbons (Fsp3) is 0.917. The first-order chi connectivity index (χ1) is 7.58. The second-order valence-electron chi connectivity index (χ2n) is 4.93. The second kappa shape index (κ2) is 6.50. The van der Waals surface area contributed by atoms with Gasteiger partial charge in [0.25, 0.3) is 0 Å². The Hall–Kier alpha value is -0.220. The van der Waals surface area contributed by atoms with Crippen LogP contribution in [0, 0.1) is 5.41 Å². The molecule has 1 fully saturated rings. The van der Waals surface area contributed by atoms with Crippen molar-refractivity contribution in [3.05, 3.63) is 0 Å². The lowest BCUT2D eigenvalue weighted by atomic mass is 10.1. The third-order valence-corrected chi connectivity index (χ3v) is 4.45. The molecule has 0 saturated heterocycles. The van der Waals surface area contributed by atoms with E-state index in [1.165, 1.54) is 26.4 Å². The summed E-state index contributed by atoms with van der Waals surface area (Å²) in [5.41, 5.74) is 5.96. The van der Waals surface area contributed by atoms with Crippen molar-refractivity contribution in [1.29, 1.82) is 0 Å². The van der Waals surface area contributed by atoms with E-state index in [-0.39, 0.29) is 11.4 Å². The molecule has 3 nitrogen and oxygen atoms in total. The van der Waals surface area contributed by atoms with Crippen LogP contribution in [0.2, 0.25) is 0 Å². The number of thioether (sulfide) groups is 1. The van der Waals surface area contributed by atoms with E-state index >= 15 is 0 Å². The molecule has 0 aliphatic heterocycles. The average molecular weight is 245 g/mol. The lowest BCUT2D eigenvalue weighted by Crippen LogP contribution is -2.15. The predicted molar refractivity (Wildman–Crippen MR) is 68.5 cm³/mol.